The van der Waals surface area contributed by atoms with Crippen LogP contribution in [0, 0.1) is 12.9 Å². The van der Waals surface area contributed by atoms with Crippen LogP contribution in [0.1, 0.15) is 5.56 Å². The van der Waals surface area contributed by atoms with Crippen molar-refractivity contribution in [1.29, 1.82) is 0 Å². The summed E-state index contributed by atoms with van der Waals surface area (Å²) < 4.78 is 13.9. The fourth-order valence-corrected chi connectivity index (χ4v) is 2.71. The van der Waals surface area contributed by atoms with Crippen LogP contribution in [0.4, 0.5) is 4.39 Å². The number of thiazole rings is 1. The second-order valence-corrected chi connectivity index (χ2v) is 4.89. The van der Waals surface area contributed by atoms with Gasteiger partial charge < -0.3 is 0 Å². The van der Waals surface area contributed by atoms with Crippen LogP contribution in [0.15, 0.2) is 36.5 Å². The number of halogens is 1. The monoisotopic (exact) mass is 244 g/mol. The van der Waals surface area contributed by atoms with E-state index in [1.165, 1.54) is 17.8 Å². The van der Waals surface area contributed by atoms with E-state index >= 15 is 0 Å². The molecule has 0 aliphatic carbocycles. The van der Waals surface area contributed by atoms with Crippen LogP contribution >= 0.6 is 11.3 Å². The Morgan fingerprint density at radius 1 is 1.18 bits per heavy atom. The SMILES string of the molecule is Cc1ccc2nc(-c3ccc(F)nc3)sc2c1. The Morgan fingerprint density at radius 2 is 2.06 bits per heavy atom. The summed E-state index contributed by atoms with van der Waals surface area (Å²) in [6.45, 7) is 2.05. The molecule has 0 aliphatic heterocycles. The minimum atomic E-state index is -0.467. The number of aromatic nitrogens is 2. The summed E-state index contributed by atoms with van der Waals surface area (Å²) in [5, 5.41) is 0.873. The van der Waals surface area contributed by atoms with Crippen LogP contribution in [0.25, 0.3) is 20.8 Å². The zero-order valence-corrected chi connectivity index (χ0v) is 9.96. The number of nitrogens with zero attached hydrogens (tertiary/aromatic N) is 2. The van der Waals surface area contributed by atoms with Gasteiger partial charge in [0, 0.05) is 11.8 Å². The van der Waals surface area contributed by atoms with Crippen molar-refractivity contribution in [2.75, 3.05) is 0 Å². The molecule has 3 rings (SSSR count). The van der Waals surface area contributed by atoms with Crippen molar-refractivity contribution in [2.45, 2.75) is 6.92 Å². The predicted octanol–water partition coefficient (Wildman–Crippen LogP) is 3.81. The molecule has 0 saturated carbocycles. The highest BCUT2D eigenvalue weighted by Gasteiger charge is 2.06. The number of aryl methyl sites for hydroxylation is 1. The maximum Gasteiger partial charge on any atom is 0.212 e. The van der Waals surface area contributed by atoms with Gasteiger partial charge in [0.2, 0.25) is 5.95 Å². The third-order valence-electron chi connectivity index (χ3n) is 2.52. The first-order valence-corrected chi connectivity index (χ1v) is 6.03. The summed E-state index contributed by atoms with van der Waals surface area (Å²) in [5.41, 5.74) is 3.04. The summed E-state index contributed by atoms with van der Waals surface area (Å²) in [5.74, 6) is -0.467. The van der Waals surface area contributed by atoms with Gasteiger partial charge in [0.05, 0.1) is 10.2 Å². The Balaban J connectivity index is 2.14. The van der Waals surface area contributed by atoms with Gasteiger partial charge in [-0.15, -0.1) is 11.3 Å². The standard InChI is InChI=1S/C13H9FN2S/c1-8-2-4-10-11(6-8)17-13(16-10)9-3-5-12(14)15-7-9/h2-7H,1H3. The normalized spacial score (nSPS) is 10.9. The molecule has 84 valence electrons. The van der Waals surface area contributed by atoms with Crippen molar-refractivity contribution in [2.24, 2.45) is 0 Å². The summed E-state index contributed by atoms with van der Waals surface area (Å²) in [7, 11) is 0. The molecule has 17 heavy (non-hydrogen) atoms. The van der Waals surface area contributed by atoms with Crippen LogP contribution in [-0.2, 0) is 0 Å². The van der Waals surface area contributed by atoms with Gasteiger partial charge in [-0.25, -0.2) is 9.97 Å². The largest absolute Gasteiger partial charge is 0.236 e. The van der Waals surface area contributed by atoms with Gasteiger partial charge in [0.15, 0.2) is 0 Å². The maximum absolute atomic E-state index is 12.7. The zero-order valence-electron chi connectivity index (χ0n) is 9.14. The molecule has 2 nitrogen and oxygen atoms in total. The topological polar surface area (TPSA) is 25.8 Å². The van der Waals surface area contributed by atoms with Crippen molar-refractivity contribution in [1.82, 2.24) is 9.97 Å². The minimum absolute atomic E-state index is 0.467. The Bertz CT molecular complexity index is 673. The van der Waals surface area contributed by atoms with Crippen LogP contribution in [0.3, 0.4) is 0 Å². The molecule has 3 aromatic rings. The van der Waals surface area contributed by atoms with E-state index in [0.29, 0.717) is 0 Å². The number of fused-ring (bicyclic) bond motifs is 1. The first kappa shape index (κ1) is 10.4. The van der Waals surface area contributed by atoms with Gasteiger partial charge in [-0.05, 0) is 36.8 Å². The van der Waals surface area contributed by atoms with Gasteiger partial charge in [-0.2, -0.15) is 4.39 Å². The summed E-state index contributed by atoms with van der Waals surface area (Å²) in [4.78, 5) is 8.15. The molecular formula is C13H9FN2S. The van der Waals surface area contributed by atoms with E-state index in [2.05, 4.69) is 23.0 Å². The minimum Gasteiger partial charge on any atom is -0.236 e. The predicted molar refractivity (Wildman–Crippen MR) is 67.5 cm³/mol. The smallest absolute Gasteiger partial charge is 0.212 e. The molecule has 0 spiro atoms. The lowest BCUT2D eigenvalue weighted by atomic mass is 10.2. The average molecular weight is 244 g/mol. The highest BCUT2D eigenvalue weighted by Crippen LogP contribution is 2.30. The number of hydrogen-bond donors (Lipinski definition) is 0. The van der Waals surface area contributed by atoms with Crippen molar-refractivity contribution in [3.63, 3.8) is 0 Å². The lowest BCUT2D eigenvalue weighted by molar-refractivity contribution is 0.584. The third kappa shape index (κ3) is 1.91. The first-order chi connectivity index (χ1) is 8.22. The summed E-state index contributed by atoms with van der Waals surface area (Å²) in [6.07, 6.45) is 1.51. The molecule has 4 heteroatoms. The molecule has 0 aliphatic rings. The quantitative estimate of drug-likeness (QED) is 0.608. The van der Waals surface area contributed by atoms with Gasteiger partial charge in [-0.1, -0.05) is 6.07 Å². The Labute approximate surface area is 102 Å². The van der Waals surface area contributed by atoms with Crippen LogP contribution in [0.5, 0.6) is 0 Å². The van der Waals surface area contributed by atoms with E-state index < -0.39 is 5.95 Å². The van der Waals surface area contributed by atoms with Gasteiger partial charge in [-0.3, -0.25) is 0 Å². The maximum atomic E-state index is 12.7. The summed E-state index contributed by atoms with van der Waals surface area (Å²) in [6, 6.07) is 9.20. The molecule has 0 atom stereocenters. The van der Waals surface area contributed by atoms with Crippen molar-refractivity contribution < 1.29 is 4.39 Å². The Hall–Kier alpha value is -1.81. The zero-order chi connectivity index (χ0) is 11.8. The highest BCUT2D eigenvalue weighted by molar-refractivity contribution is 7.21. The van der Waals surface area contributed by atoms with Crippen molar-refractivity contribution in [3.8, 4) is 10.6 Å². The Morgan fingerprint density at radius 3 is 2.82 bits per heavy atom. The second-order valence-electron chi connectivity index (χ2n) is 3.86. The third-order valence-corrected chi connectivity index (χ3v) is 3.59. The second kappa shape index (κ2) is 3.89. The van der Waals surface area contributed by atoms with Crippen molar-refractivity contribution >= 4 is 21.6 Å². The van der Waals surface area contributed by atoms with E-state index in [1.54, 1.807) is 17.4 Å². The Kier molecular flexibility index (Phi) is 2.37. The highest BCUT2D eigenvalue weighted by atomic mass is 32.1. The number of rotatable bonds is 1. The van der Waals surface area contributed by atoms with E-state index in [1.807, 2.05) is 12.1 Å². The van der Waals surface area contributed by atoms with Gasteiger partial charge in [0.1, 0.15) is 5.01 Å². The molecule has 0 fully saturated rings. The van der Waals surface area contributed by atoms with E-state index in [9.17, 15) is 4.39 Å². The number of hydrogen-bond acceptors (Lipinski definition) is 3. The van der Waals surface area contributed by atoms with Crippen molar-refractivity contribution in [3.05, 3.63) is 48.0 Å². The molecule has 0 radical (unpaired) electrons. The first-order valence-electron chi connectivity index (χ1n) is 5.21. The molecule has 0 N–H and O–H groups in total. The van der Waals surface area contributed by atoms with E-state index in [-0.39, 0.29) is 0 Å². The number of benzene rings is 1. The number of pyridine rings is 1. The molecular weight excluding hydrogens is 235 g/mol. The van der Waals surface area contributed by atoms with Crippen LogP contribution in [0.2, 0.25) is 0 Å². The molecule has 0 saturated heterocycles. The molecule has 2 aromatic heterocycles. The fraction of sp³-hybridized carbons (Fsp3) is 0.0769. The molecule has 0 bridgehead atoms. The molecule has 0 unspecified atom stereocenters. The molecule has 2 heterocycles. The lowest BCUT2D eigenvalue weighted by Crippen LogP contribution is -1.82. The molecule has 0 amide bonds. The summed E-state index contributed by atoms with van der Waals surface area (Å²) >= 11 is 1.60. The van der Waals surface area contributed by atoms with E-state index in [4.69, 9.17) is 0 Å². The van der Waals surface area contributed by atoms with Gasteiger partial charge in [0.25, 0.3) is 0 Å². The fourth-order valence-electron chi connectivity index (χ4n) is 1.66. The lowest BCUT2D eigenvalue weighted by Gasteiger charge is -1.93. The van der Waals surface area contributed by atoms with E-state index in [0.717, 1.165) is 20.8 Å². The average Bonchev–Trinajstić information content (AvgIpc) is 2.72. The van der Waals surface area contributed by atoms with Gasteiger partial charge >= 0.3 is 0 Å². The van der Waals surface area contributed by atoms with Crippen LogP contribution in [-0.4, -0.2) is 9.97 Å². The molecule has 1 aromatic carbocycles. The van der Waals surface area contributed by atoms with Crippen LogP contribution < -0.4 is 0 Å².